The molecule has 2 saturated heterocycles. The summed E-state index contributed by atoms with van der Waals surface area (Å²) in [7, 11) is 0. The average Bonchev–Trinajstić information content (AvgIpc) is 2.74. The molecule has 8 nitrogen and oxygen atoms in total. The first-order valence-electron chi connectivity index (χ1n) is 10.1. The maximum atomic E-state index is 5.93. The molecule has 1 aromatic heterocycles. The average molecular weight is 377 g/mol. The van der Waals surface area contributed by atoms with Crippen LogP contribution in [0.3, 0.4) is 0 Å². The van der Waals surface area contributed by atoms with Crippen molar-refractivity contribution in [2.45, 2.75) is 32.3 Å². The molecular formula is C19H32N6O2. The molecule has 3 heterocycles. The summed E-state index contributed by atoms with van der Waals surface area (Å²) in [6.07, 6.45) is 6.93. The SMILES string of the molecule is CCNC(=NCCCOC1CCOCC1)N1CCN(c2ncccn2)CC1. The fourth-order valence-corrected chi connectivity index (χ4v) is 3.34. The highest BCUT2D eigenvalue weighted by Gasteiger charge is 2.21. The maximum Gasteiger partial charge on any atom is 0.225 e. The van der Waals surface area contributed by atoms with Crippen LogP contribution in [0.2, 0.25) is 0 Å². The van der Waals surface area contributed by atoms with Gasteiger partial charge >= 0.3 is 0 Å². The first-order valence-corrected chi connectivity index (χ1v) is 10.1. The summed E-state index contributed by atoms with van der Waals surface area (Å²) in [4.78, 5) is 18.0. The van der Waals surface area contributed by atoms with Crippen LogP contribution in [0.25, 0.3) is 0 Å². The molecule has 1 N–H and O–H groups in total. The zero-order valence-electron chi connectivity index (χ0n) is 16.3. The van der Waals surface area contributed by atoms with Gasteiger partial charge in [-0.15, -0.1) is 0 Å². The summed E-state index contributed by atoms with van der Waals surface area (Å²) >= 11 is 0. The van der Waals surface area contributed by atoms with Crippen molar-refractivity contribution in [3.8, 4) is 0 Å². The van der Waals surface area contributed by atoms with Gasteiger partial charge in [0.2, 0.25) is 5.95 Å². The molecule has 150 valence electrons. The van der Waals surface area contributed by atoms with E-state index in [1.165, 1.54) is 0 Å². The summed E-state index contributed by atoms with van der Waals surface area (Å²) in [5, 5.41) is 3.42. The summed E-state index contributed by atoms with van der Waals surface area (Å²) in [5.41, 5.74) is 0. The highest BCUT2D eigenvalue weighted by molar-refractivity contribution is 5.80. The van der Waals surface area contributed by atoms with Crippen molar-refractivity contribution in [1.82, 2.24) is 20.2 Å². The molecule has 2 fully saturated rings. The molecule has 0 amide bonds. The standard InChI is InChI=1S/C19H32N6O2/c1-2-20-18(23-9-4-14-27-17-5-15-26-16-6-17)24-10-12-25(13-11-24)19-21-7-3-8-22-19/h3,7-8,17H,2,4-6,9-16H2,1H3,(H,20,23). The van der Waals surface area contributed by atoms with Crippen LogP contribution in [0.15, 0.2) is 23.5 Å². The minimum absolute atomic E-state index is 0.365. The third-order valence-electron chi connectivity index (χ3n) is 4.83. The molecule has 27 heavy (non-hydrogen) atoms. The van der Waals surface area contributed by atoms with E-state index in [1.807, 2.05) is 6.07 Å². The predicted molar refractivity (Wildman–Crippen MR) is 106 cm³/mol. The minimum Gasteiger partial charge on any atom is -0.381 e. The Balaban J connectivity index is 1.40. The van der Waals surface area contributed by atoms with Gasteiger partial charge in [-0.2, -0.15) is 0 Å². The first-order chi connectivity index (χ1) is 13.4. The third-order valence-corrected chi connectivity index (χ3v) is 4.83. The second-order valence-electron chi connectivity index (χ2n) is 6.79. The zero-order chi connectivity index (χ0) is 18.7. The summed E-state index contributed by atoms with van der Waals surface area (Å²) in [6, 6.07) is 1.85. The van der Waals surface area contributed by atoms with Crippen LogP contribution < -0.4 is 10.2 Å². The molecule has 1 aromatic rings. The normalized spacial score (nSPS) is 19.4. The number of nitrogens with one attached hydrogen (secondary N) is 1. The number of nitrogens with zero attached hydrogens (tertiary/aromatic N) is 5. The number of hydrogen-bond donors (Lipinski definition) is 1. The van der Waals surface area contributed by atoms with Gasteiger partial charge in [0.05, 0.1) is 6.10 Å². The Morgan fingerprint density at radius 3 is 2.67 bits per heavy atom. The molecule has 0 unspecified atom stereocenters. The molecular weight excluding hydrogens is 344 g/mol. The van der Waals surface area contributed by atoms with Crippen LogP contribution >= 0.6 is 0 Å². The van der Waals surface area contributed by atoms with Gasteiger partial charge in [-0.3, -0.25) is 4.99 Å². The number of ether oxygens (including phenoxy) is 2. The molecule has 2 aliphatic rings. The van der Waals surface area contributed by atoms with Crippen LogP contribution in [0, 0.1) is 0 Å². The Bertz CT molecular complexity index is 557. The number of hydrogen-bond acceptors (Lipinski definition) is 6. The second kappa shape index (κ2) is 11.0. The highest BCUT2D eigenvalue weighted by atomic mass is 16.5. The van der Waals surface area contributed by atoms with Crippen LogP contribution in [-0.2, 0) is 9.47 Å². The molecule has 0 radical (unpaired) electrons. The van der Waals surface area contributed by atoms with Crippen LogP contribution in [0.4, 0.5) is 5.95 Å². The van der Waals surface area contributed by atoms with E-state index >= 15 is 0 Å². The zero-order valence-corrected chi connectivity index (χ0v) is 16.3. The van der Waals surface area contributed by atoms with E-state index in [0.29, 0.717) is 6.10 Å². The van der Waals surface area contributed by atoms with Crippen molar-refractivity contribution >= 4 is 11.9 Å². The monoisotopic (exact) mass is 376 g/mol. The van der Waals surface area contributed by atoms with E-state index in [2.05, 4.69) is 32.0 Å². The largest absolute Gasteiger partial charge is 0.381 e. The molecule has 0 bridgehead atoms. The van der Waals surface area contributed by atoms with E-state index in [4.69, 9.17) is 14.5 Å². The van der Waals surface area contributed by atoms with E-state index < -0.39 is 0 Å². The van der Waals surface area contributed by atoms with Crippen LogP contribution in [-0.4, -0.2) is 86.0 Å². The Morgan fingerprint density at radius 2 is 1.96 bits per heavy atom. The van der Waals surface area contributed by atoms with Crippen molar-refractivity contribution < 1.29 is 9.47 Å². The van der Waals surface area contributed by atoms with Crippen molar-refractivity contribution in [2.24, 2.45) is 4.99 Å². The van der Waals surface area contributed by atoms with E-state index in [1.54, 1.807) is 12.4 Å². The van der Waals surface area contributed by atoms with Gasteiger partial charge in [0.25, 0.3) is 0 Å². The Kier molecular flexibility index (Phi) is 8.10. The number of aromatic nitrogens is 2. The third kappa shape index (κ3) is 6.32. The predicted octanol–water partition coefficient (Wildman–Crippen LogP) is 1.15. The lowest BCUT2D eigenvalue weighted by Crippen LogP contribution is -2.53. The lowest BCUT2D eigenvalue weighted by atomic mass is 10.1. The fourth-order valence-electron chi connectivity index (χ4n) is 3.34. The van der Waals surface area contributed by atoms with Crippen molar-refractivity contribution in [2.75, 3.05) is 64.0 Å². The van der Waals surface area contributed by atoms with Gasteiger partial charge in [-0.1, -0.05) is 0 Å². The smallest absolute Gasteiger partial charge is 0.225 e. The van der Waals surface area contributed by atoms with Gasteiger partial charge in [0, 0.05) is 71.5 Å². The summed E-state index contributed by atoms with van der Waals surface area (Å²) in [5.74, 6) is 1.81. The second-order valence-corrected chi connectivity index (χ2v) is 6.79. The minimum atomic E-state index is 0.365. The summed E-state index contributed by atoms with van der Waals surface area (Å²) < 4.78 is 11.3. The fraction of sp³-hybridized carbons (Fsp3) is 0.737. The molecule has 0 aromatic carbocycles. The van der Waals surface area contributed by atoms with Gasteiger partial charge in [0.1, 0.15) is 0 Å². The molecule has 0 spiro atoms. The topological polar surface area (TPSA) is 75.1 Å². The number of anilines is 1. The Labute approximate surface area is 162 Å². The molecule has 2 aliphatic heterocycles. The number of piperazine rings is 1. The van der Waals surface area contributed by atoms with E-state index in [-0.39, 0.29) is 0 Å². The number of aliphatic imine (C=N–C) groups is 1. The van der Waals surface area contributed by atoms with Crippen LogP contribution in [0.5, 0.6) is 0 Å². The van der Waals surface area contributed by atoms with Gasteiger partial charge in [0.15, 0.2) is 5.96 Å². The molecule has 0 atom stereocenters. The number of rotatable bonds is 7. The Hall–Kier alpha value is -1.93. The molecule has 8 heteroatoms. The maximum absolute atomic E-state index is 5.93. The molecule has 3 rings (SSSR count). The molecule has 0 saturated carbocycles. The molecule has 0 aliphatic carbocycles. The quantitative estimate of drug-likeness (QED) is 0.435. The Morgan fingerprint density at radius 1 is 1.22 bits per heavy atom. The van der Waals surface area contributed by atoms with Gasteiger partial charge in [-0.05, 0) is 32.3 Å². The van der Waals surface area contributed by atoms with Crippen molar-refractivity contribution in [3.63, 3.8) is 0 Å². The van der Waals surface area contributed by atoms with E-state index in [9.17, 15) is 0 Å². The van der Waals surface area contributed by atoms with Crippen molar-refractivity contribution in [1.29, 1.82) is 0 Å². The van der Waals surface area contributed by atoms with Crippen molar-refractivity contribution in [3.05, 3.63) is 18.5 Å². The van der Waals surface area contributed by atoms with E-state index in [0.717, 1.165) is 90.3 Å². The lowest BCUT2D eigenvalue weighted by Gasteiger charge is -2.36. The van der Waals surface area contributed by atoms with Crippen LogP contribution in [0.1, 0.15) is 26.2 Å². The highest BCUT2D eigenvalue weighted by Crippen LogP contribution is 2.11. The first kappa shape index (κ1) is 19.8. The van der Waals surface area contributed by atoms with Gasteiger partial charge < -0.3 is 24.6 Å². The number of guanidine groups is 1. The summed E-state index contributed by atoms with van der Waals surface area (Å²) in [6.45, 7) is 9.84. The lowest BCUT2D eigenvalue weighted by molar-refractivity contribution is -0.0318. The van der Waals surface area contributed by atoms with Gasteiger partial charge in [-0.25, -0.2) is 9.97 Å².